The summed E-state index contributed by atoms with van der Waals surface area (Å²) in [6, 6.07) is 2.08. The van der Waals surface area contributed by atoms with Crippen LogP contribution in [0.3, 0.4) is 0 Å². The molecule has 1 saturated carbocycles. The summed E-state index contributed by atoms with van der Waals surface area (Å²) in [6.07, 6.45) is 1.64. The Hall–Kier alpha value is -0.690. The molecule has 7 heteroatoms. The Labute approximate surface area is 110 Å². The van der Waals surface area contributed by atoms with Crippen molar-refractivity contribution in [3.8, 4) is 0 Å². The van der Waals surface area contributed by atoms with Crippen molar-refractivity contribution in [3.05, 3.63) is 28.5 Å². The number of aliphatic hydroxyl groups is 1. The molecule has 1 aromatic rings. The molecule has 0 amide bonds. The first-order chi connectivity index (χ1) is 8.37. The number of sulfonamides is 1. The highest BCUT2D eigenvalue weighted by Gasteiger charge is 2.35. The van der Waals surface area contributed by atoms with Crippen molar-refractivity contribution in [1.82, 2.24) is 4.31 Å². The van der Waals surface area contributed by atoms with E-state index in [1.807, 2.05) is 0 Å². The van der Waals surface area contributed by atoms with Gasteiger partial charge in [-0.15, -0.1) is 0 Å². The van der Waals surface area contributed by atoms with E-state index < -0.39 is 22.4 Å². The summed E-state index contributed by atoms with van der Waals surface area (Å²) in [5.74, 6) is -0.842. The molecule has 1 aromatic carbocycles. The van der Waals surface area contributed by atoms with Crippen molar-refractivity contribution < 1.29 is 17.9 Å². The molecule has 0 atom stereocenters. The van der Waals surface area contributed by atoms with Crippen LogP contribution in [0, 0.1) is 5.82 Å². The summed E-state index contributed by atoms with van der Waals surface area (Å²) >= 11 is 5.63. The van der Waals surface area contributed by atoms with Crippen LogP contribution < -0.4 is 0 Å². The highest BCUT2D eigenvalue weighted by Crippen LogP contribution is 2.32. The Kier molecular flexibility index (Phi) is 3.64. The minimum atomic E-state index is -3.72. The molecule has 1 N–H and O–H groups in total. The van der Waals surface area contributed by atoms with E-state index in [4.69, 9.17) is 16.7 Å². The number of rotatable bonds is 4. The maximum absolute atomic E-state index is 13.5. The van der Waals surface area contributed by atoms with Gasteiger partial charge in [-0.05, 0) is 25.0 Å². The Morgan fingerprint density at radius 2 is 2.11 bits per heavy atom. The predicted octanol–water partition coefficient (Wildman–Crippen LogP) is 1.75. The largest absolute Gasteiger partial charge is 0.392 e. The first kappa shape index (κ1) is 13.7. The van der Waals surface area contributed by atoms with Gasteiger partial charge in [0.1, 0.15) is 5.82 Å². The molecular weight excluding hydrogens is 281 g/mol. The normalized spacial score (nSPS) is 16.3. The number of aliphatic hydroxyl groups excluding tert-OH is 1. The van der Waals surface area contributed by atoms with Gasteiger partial charge in [0.25, 0.3) is 0 Å². The van der Waals surface area contributed by atoms with Gasteiger partial charge in [0.05, 0.1) is 16.5 Å². The van der Waals surface area contributed by atoms with Crippen LogP contribution in [0.15, 0.2) is 17.0 Å². The second-order valence-corrected chi connectivity index (χ2v) is 6.66. The maximum atomic E-state index is 13.5. The molecule has 0 saturated heterocycles. The maximum Gasteiger partial charge on any atom is 0.243 e. The van der Waals surface area contributed by atoms with Gasteiger partial charge in [0.15, 0.2) is 0 Å². The van der Waals surface area contributed by atoms with Crippen LogP contribution in [0.1, 0.15) is 18.4 Å². The molecule has 100 valence electrons. The summed E-state index contributed by atoms with van der Waals surface area (Å²) in [6.45, 7) is -0.508. The van der Waals surface area contributed by atoms with Crippen molar-refractivity contribution in [3.63, 3.8) is 0 Å². The fraction of sp³-hybridized carbons (Fsp3) is 0.455. The summed E-state index contributed by atoms with van der Waals surface area (Å²) in [7, 11) is -2.25. The Morgan fingerprint density at radius 1 is 1.50 bits per heavy atom. The SMILES string of the molecule is CN(C1CC1)S(=O)(=O)c1cc(F)c(Cl)c(CO)c1. The number of hydrogen-bond acceptors (Lipinski definition) is 3. The van der Waals surface area contributed by atoms with Gasteiger partial charge < -0.3 is 5.11 Å². The molecule has 0 aliphatic heterocycles. The second kappa shape index (κ2) is 4.77. The molecule has 18 heavy (non-hydrogen) atoms. The Morgan fingerprint density at radius 3 is 2.61 bits per heavy atom. The molecule has 0 bridgehead atoms. The zero-order valence-electron chi connectivity index (χ0n) is 9.73. The molecule has 0 unspecified atom stereocenters. The lowest BCUT2D eigenvalue weighted by atomic mass is 10.2. The molecule has 1 aliphatic rings. The molecule has 1 fully saturated rings. The Bertz CT molecular complexity index is 572. The first-order valence-electron chi connectivity index (χ1n) is 5.44. The number of hydrogen-bond donors (Lipinski definition) is 1. The molecule has 2 rings (SSSR count). The van der Waals surface area contributed by atoms with Gasteiger partial charge in [0, 0.05) is 18.7 Å². The number of nitrogens with zero attached hydrogens (tertiary/aromatic N) is 1. The summed E-state index contributed by atoms with van der Waals surface area (Å²) in [5.41, 5.74) is 0.0689. The van der Waals surface area contributed by atoms with E-state index in [0.717, 1.165) is 18.9 Å². The van der Waals surface area contributed by atoms with Crippen LogP contribution >= 0.6 is 11.6 Å². The first-order valence-corrected chi connectivity index (χ1v) is 7.26. The van der Waals surface area contributed by atoms with Gasteiger partial charge >= 0.3 is 0 Å². The summed E-state index contributed by atoms with van der Waals surface area (Å²) in [4.78, 5) is -0.178. The fourth-order valence-electron chi connectivity index (χ4n) is 1.68. The third kappa shape index (κ3) is 2.38. The molecular formula is C11H13ClFNO3S. The third-order valence-electron chi connectivity index (χ3n) is 2.99. The molecule has 0 radical (unpaired) electrons. The van der Waals surface area contributed by atoms with Crippen molar-refractivity contribution in [2.75, 3.05) is 7.05 Å². The number of benzene rings is 1. The fourth-order valence-corrected chi connectivity index (χ4v) is 3.33. The van der Waals surface area contributed by atoms with E-state index in [0.29, 0.717) is 0 Å². The number of halogens is 2. The lowest BCUT2D eigenvalue weighted by molar-refractivity contribution is 0.281. The molecule has 0 aromatic heterocycles. The second-order valence-electron chi connectivity index (χ2n) is 4.29. The molecule has 0 heterocycles. The Balaban J connectivity index is 2.47. The van der Waals surface area contributed by atoms with E-state index >= 15 is 0 Å². The van der Waals surface area contributed by atoms with Crippen molar-refractivity contribution in [2.24, 2.45) is 0 Å². The topological polar surface area (TPSA) is 57.6 Å². The molecule has 4 nitrogen and oxygen atoms in total. The van der Waals surface area contributed by atoms with E-state index in [2.05, 4.69) is 0 Å². The average Bonchev–Trinajstić information content (AvgIpc) is 3.15. The minimum absolute atomic E-state index is 0.00804. The predicted molar refractivity (Wildman–Crippen MR) is 65.3 cm³/mol. The van der Waals surface area contributed by atoms with Crippen LogP contribution in [0.2, 0.25) is 5.02 Å². The molecule has 0 spiro atoms. The third-order valence-corrected chi connectivity index (χ3v) is 5.30. The summed E-state index contributed by atoms with van der Waals surface area (Å²) in [5, 5.41) is 8.79. The van der Waals surface area contributed by atoms with Crippen LogP contribution in [-0.4, -0.2) is 30.9 Å². The van der Waals surface area contributed by atoms with Crippen molar-refractivity contribution >= 4 is 21.6 Å². The van der Waals surface area contributed by atoms with Gasteiger partial charge in [0.2, 0.25) is 10.0 Å². The van der Waals surface area contributed by atoms with Crippen LogP contribution in [-0.2, 0) is 16.6 Å². The monoisotopic (exact) mass is 293 g/mol. The lowest BCUT2D eigenvalue weighted by Gasteiger charge is -2.17. The minimum Gasteiger partial charge on any atom is -0.392 e. The van der Waals surface area contributed by atoms with Gasteiger partial charge in [-0.1, -0.05) is 11.6 Å². The smallest absolute Gasteiger partial charge is 0.243 e. The van der Waals surface area contributed by atoms with Crippen LogP contribution in [0.5, 0.6) is 0 Å². The standard InChI is InChI=1S/C11H13ClFNO3S/c1-14(8-2-3-8)18(16,17)9-4-7(6-15)11(12)10(13)5-9/h4-5,8,15H,2-3,6H2,1H3. The van der Waals surface area contributed by atoms with E-state index in [-0.39, 0.29) is 21.5 Å². The van der Waals surface area contributed by atoms with Crippen molar-refractivity contribution in [2.45, 2.75) is 30.4 Å². The lowest BCUT2D eigenvalue weighted by Crippen LogP contribution is -2.29. The highest BCUT2D eigenvalue weighted by atomic mass is 35.5. The molecule has 1 aliphatic carbocycles. The van der Waals surface area contributed by atoms with Gasteiger partial charge in [-0.3, -0.25) is 0 Å². The zero-order chi connectivity index (χ0) is 13.5. The highest BCUT2D eigenvalue weighted by molar-refractivity contribution is 7.89. The quantitative estimate of drug-likeness (QED) is 0.920. The van der Waals surface area contributed by atoms with E-state index in [9.17, 15) is 12.8 Å². The van der Waals surface area contributed by atoms with Crippen LogP contribution in [0.25, 0.3) is 0 Å². The van der Waals surface area contributed by atoms with Gasteiger partial charge in [-0.2, -0.15) is 4.31 Å². The zero-order valence-corrected chi connectivity index (χ0v) is 11.3. The van der Waals surface area contributed by atoms with Crippen molar-refractivity contribution in [1.29, 1.82) is 0 Å². The summed E-state index contributed by atoms with van der Waals surface area (Å²) < 4.78 is 39.1. The van der Waals surface area contributed by atoms with E-state index in [1.54, 1.807) is 0 Å². The van der Waals surface area contributed by atoms with E-state index in [1.165, 1.54) is 17.4 Å². The van der Waals surface area contributed by atoms with Gasteiger partial charge in [-0.25, -0.2) is 12.8 Å². The average molecular weight is 294 g/mol. The van der Waals surface area contributed by atoms with Crippen LogP contribution in [0.4, 0.5) is 4.39 Å².